The first-order valence-corrected chi connectivity index (χ1v) is 11.8. The van der Waals surface area contributed by atoms with E-state index in [9.17, 15) is 23.3 Å². The van der Waals surface area contributed by atoms with Crippen LogP contribution in [0.4, 0.5) is 11.4 Å². The van der Waals surface area contributed by atoms with E-state index in [1.54, 1.807) is 36.4 Å². The van der Waals surface area contributed by atoms with Crippen LogP contribution in [0.1, 0.15) is 32.6 Å². The number of rotatable bonds is 5. The molecule has 1 aliphatic heterocycles. The normalized spacial score (nSPS) is 13.9. The largest absolute Gasteiger partial charge is 0.322 e. The molecule has 8 nitrogen and oxygen atoms in total. The van der Waals surface area contributed by atoms with Crippen molar-refractivity contribution in [2.75, 3.05) is 11.9 Å². The van der Waals surface area contributed by atoms with Crippen LogP contribution in [0.25, 0.3) is 0 Å². The van der Waals surface area contributed by atoms with Gasteiger partial charge in [-0.3, -0.25) is 14.9 Å². The number of aryl methyl sites for hydroxylation is 1. The van der Waals surface area contributed by atoms with E-state index in [4.69, 9.17) is 0 Å². The Morgan fingerprint density at radius 1 is 1.03 bits per heavy atom. The molecule has 0 radical (unpaired) electrons. The molecule has 33 heavy (non-hydrogen) atoms. The number of hydrogen-bond acceptors (Lipinski definition) is 5. The zero-order valence-corrected chi connectivity index (χ0v) is 19.1. The number of carbonyl (C=O) groups is 1. The van der Waals surface area contributed by atoms with Gasteiger partial charge in [-0.25, -0.2) is 8.42 Å². The molecule has 0 saturated carbocycles. The predicted octanol–water partition coefficient (Wildman–Crippen LogP) is 4.21. The Hall–Kier alpha value is -3.56. The van der Waals surface area contributed by atoms with E-state index in [0.717, 1.165) is 16.7 Å². The molecule has 3 aromatic carbocycles. The molecule has 1 amide bonds. The summed E-state index contributed by atoms with van der Waals surface area (Å²) < 4.78 is 27.6. The number of nitro benzene ring substituents is 1. The average molecular weight is 466 g/mol. The number of nitrogens with one attached hydrogen (secondary N) is 1. The van der Waals surface area contributed by atoms with Crippen molar-refractivity contribution < 1.29 is 18.1 Å². The first kappa shape index (κ1) is 22.6. The van der Waals surface area contributed by atoms with Gasteiger partial charge in [0, 0.05) is 36.0 Å². The maximum Gasteiger partial charge on any atom is 0.273 e. The maximum atomic E-state index is 13.1. The third-order valence-corrected chi connectivity index (χ3v) is 7.71. The second-order valence-electron chi connectivity index (χ2n) is 8.05. The minimum absolute atomic E-state index is 0.120. The monoisotopic (exact) mass is 465 g/mol. The van der Waals surface area contributed by atoms with Gasteiger partial charge in [0.15, 0.2) is 0 Å². The summed E-state index contributed by atoms with van der Waals surface area (Å²) in [6.07, 6.45) is 0.568. The van der Waals surface area contributed by atoms with Crippen molar-refractivity contribution in [3.05, 3.63) is 98.6 Å². The fourth-order valence-corrected chi connectivity index (χ4v) is 5.36. The van der Waals surface area contributed by atoms with E-state index >= 15 is 0 Å². The summed E-state index contributed by atoms with van der Waals surface area (Å²) in [5.74, 6) is -0.462. The Morgan fingerprint density at radius 3 is 2.45 bits per heavy atom. The number of hydrogen-bond donors (Lipinski definition) is 1. The van der Waals surface area contributed by atoms with Crippen LogP contribution in [0.2, 0.25) is 0 Å². The quantitative estimate of drug-likeness (QED) is 0.448. The van der Waals surface area contributed by atoms with E-state index < -0.39 is 20.9 Å². The van der Waals surface area contributed by atoms with E-state index in [2.05, 4.69) is 5.32 Å². The molecular formula is C24H23N3O5S. The highest BCUT2D eigenvalue weighted by atomic mass is 32.2. The van der Waals surface area contributed by atoms with Gasteiger partial charge in [0.25, 0.3) is 11.6 Å². The van der Waals surface area contributed by atoms with Gasteiger partial charge in [-0.15, -0.1) is 0 Å². The summed E-state index contributed by atoms with van der Waals surface area (Å²) in [5.41, 5.74) is 3.70. The highest BCUT2D eigenvalue weighted by Crippen LogP contribution is 2.28. The van der Waals surface area contributed by atoms with E-state index in [-0.39, 0.29) is 28.3 Å². The third kappa shape index (κ3) is 4.50. The Kier molecular flexibility index (Phi) is 6.01. The van der Waals surface area contributed by atoms with Gasteiger partial charge in [-0.2, -0.15) is 4.31 Å². The van der Waals surface area contributed by atoms with Crippen molar-refractivity contribution >= 4 is 27.3 Å². The van der Waals surface area contributed by atoms with Gasteiger partial charge in [0.2, 0.25) is 10.0 Å². The minimum atomic E-state index is -3.64. The van der Waals surface area contributed by atoms with Gasteiger partial charge in [0.05, 0.1) is 9.82 Å². The van der Waals surface area contributed by atoms with Gasteiger partial charge >= 0.3 is 0 Å². The number of anilines is 1. The van der Waals surface area contributed by atoms with Gasteiger partial charge in [0.1, 0.15) is 0 Å². The molecule has 0 aromatic heterocycles. The zero-order chi connectivity index (χ0) is 23.8. The smallest absolute Gasteiger partial charge is 0.273 e. The Bertz CT molecular complexity index is 1350. The van der Waals surface area contributed by atoms with Crippen LogP contribution < -0.4 is 5.32 Å². The van der Waals surface area contributed by atoms with Crippen LogP contribution in [-0.4, -0.2) is 30.1 Å². The lowest BCUT2D eigenvalue weighted by molar-refractivity contribution is -0.385. The van der Waals surface area contributed by atoms with E-state index in [1.165, 1.54) is 29.4 Å². The molecule has 0 fully saturated rings. The highest BCUT2D eigenvalue weighted by Gasteiger charge is 2.28. The first-order valence-electron chi connectivity index (χ1n) is 10.4. The van der Waals surface area contributed by atoms with Crippen molar-refractivity contribution in [1.82, 2.24) is 4.31 Å². The molecule has 170 valence electrons. The Labute approximate surface area is 192 Å². The summed E-state index contributed by atoms with van der Waals surface area (Å²) in [6.45, 7) is 4.01. The van der Waals surface area contributed by atoms with Crippen LogP contribution >= 0.6 is 0 Å². The van der Waals surface area contributed by atoms with Gasteiger partial charge in [-0.05, 0) is 61.7 Å². The lowest BCUT2D eigenvalue weighted by Gasteiger charge is -2.28. The standard InChI is InChI=1S/C24H23N3O5S/c1-16-6-10-21(11-7-16)33(31,32)26-13-12-18-8-9-20(14-19(18)15-26)25-24(28)22-4-3-5-23(17(22)2)27(29)30/h3-11,14H,12-13,15H2,1-2H3,(H,25,28). The first-order chi connectivity index (χ1) is 15.7. The van der Waals surface area contributed by atoms with Gasteiger partial charge in [-0.1, -0.05) is 29.8 Å². The lowest BCUT2D eigenvalue weighted by Crippen LogP contribution is -2.36. The summed E-state index contributed by atoms with van der Waals surface area (Å²) in [7, 11) is -3.64. The van der Waals surface area contributed by atoms with Gasteiger partial charge < -0.3 is 5.32 Å². The summed E-state index contributed by atoms with van der Waals surface area (Å²) in [4.78, 5) is 23.7. The molecular weight excluding hydrogens is 442 g/mol. The maximum absolute atomic E-state index is 13.1. The molecule has 0 spiro atoms. The fourth-order valence-electron chi connectivity index (χ4n) is 3.94. The molecule has 9 heteroatoms. The number of carbonyl (C=O) groups excluding carboxylic acids is 1. The minimum Gasteiger partial charge on any atom is -0.322 e. The van der Waals surface area contributed by atoms with E-state index in [0.29, 0.717) is 18.7 Å². The number of benzene rings is 3. The second-order valence-corrected chi connectivity index (χ2v) is 9.98. The molecule has 0 aliphatic carbocycles. The van der Waals surface area contributed by atoms with Crippen LogP contribution in [0.3, 0.4) is 0 Å². The lowest BCUT2D eigenvalue weighted by atomic mass is 10.00. The average Bonchev–Trinajstić information content (AvgIpc) is 2.78. The molecule has 0 saturated heterocycles. The molecule has 1 aliphatic rings. The van der Waals surface area contributed by atoms with Crippen LogP contribution in [-0.2, 0) is 23.0 Å². The molecule has 0 atom stereocenters. The highest BCUT2D eigenvalue weighted by molar-refractivity contribution is 7.89. The number of nitrogens with zero attached hydrogens (tertiary/aromatic N) is 2. The molecule has 4 rings (SSSR count). The summed E-state index contributed by atoms with van der Waals surface area (Å²) in [6, 6.07) is 16.5. The van der Waals surface area contributed by atoms with Crippen molar-refractivity contribution in [2.45, 2.75) is 31.7 Å². The van der Waals surface area contributed by atoms with Crippen LogP contribution in [0.15, 0.2) is 65.6 Å². The zero-order valence-electron chi connectivity index (χ0n) is 18.2. The Balaban J connectivity index is 1.56. The molecule has 3 aromatic rings. The SMILES string of the molecule is Cc1ccc(S(=O)(=O)N2CCc3ccc(NC(=O)c4cccc([N+](=O)[O-])c4C)cc3C2)cc1. The summed E-state index contributed by atoms with van der Waals surface area (Å²) >= 11 is 0. The van der Waals surface area contributed by atoms with Crippen molar-refractivity contribution in [2.24, 2.45) is 0 Å². The molecule has 1 heterocycles. The molecule has 0 bridgehead atoms. The van der Waals surface area contributed by atoms with Crippen molar-refractivity contribution in [1.29, 1.82) is 0 Å². The number of fused-ring (bicyclic) bond motifs is 1. The predicted molar refractivity (Wildman–Crippen MR) is 125 cm³/mol. The molecule has 0 unspecified atom stereocenters. The Morgan fingerprint density at radius 2 is 1.76 bits per heavy atom. The van der Waals surface area contributed by atoms with Crippen molar-refractivity contribution in [3.63, 3.8) is 0 Å². The topological polar surface area (TPSA) is 110 Å². The second kappa shape index (κ2) is 8.76. The summed E-state index contributed by atoms with van der Waals surface area (Å²) in [5, 5.41) is 13.9. The van der Waals surface area contributed by atoms with Crippen LogP contribution in [0.5, 0.6) is 0 Å². The van der Waals surface area contributed by atoms with E-state index in [1.807, 2.05) is 13.0 Å². The van der Waals surface area contributed by atoms with Crippen LogP contribution in [0, 0.1) is 24.0 Å². The fraction of sp³-hybridized carbons (Fsp3) is 0.208. The van der Waals surface area contributed by atoms with Crippen molar-refractivity contribution in [3.8, 4) is 0 Å². The third-order valence-electron chi connectivity index (χ3n) is 5.85. The number of sulfonamides is 1. The number of nitro groups is 1. The number of amides is 1. The molecule has 1 N–H and O–H groups in total.